The number of fused-ring (bicyclic) bond motifs is 1. The van der Waals surface area contributed by atoms with E-state index in [1.165, 1.54) is 10.6 Å². The number of carbonyl (C=O) groups excluding carboxylic acids is 1. The molecule has 0 radical (unpaired) electrons. The Morgan fingerprint density at radius 3 is 2.79 bits per heavy atom. The lowest BCUT2D eigenvalue weighted by molar-refractivity contribution is 0.102. The standard InChI is InChI=1S/C19H18ClN5O3S/c1-29(27,28)25-10-4-5-12-11-13(8-9-16(12)25)18(26)22-19-21-17(23-24-19)14-6-2-3-7-15(14)20/h2-3,6-9,11H,4-5,10H2,1H3,(H2,21,22,23,24,26). The van der Waals surface area contributed by atoms with Crippen molar-refractivity contribution in [3.8, 4) is 11.4 Å². The molecule has 0 saturated heterocycles. The Kier molecular flexibility index (Phi) is 5.01. The monoisotopic (exact) mass is 431 g/mol. The highest BCUT2D eigenvalue weighted by molar-refractivity contribution is 7.92. The maximum Gasteiger partial charge on any atom is 0.258 e. The first-order valence-electron chi connectivity index (χ1n) is 8.92. The van der Waals surface area contributed by atoms with Crippen LogP contribution in [0.15, 0.2) is 42.5 Å². The number of aryl methyl sites for hydroxylation is 1. The summed E-state index contributed by atoms with van der Waals surface area (Å²) in [5.41, 5.74) is 2.52. The van der Waals surface area contributed by atoms with Crippen molar-refractivity contribution in [2.45, 2.75) is 12.8 Å². The van der Waals surface area contributed by atoms with E-state index in [2.05, 4.69) is 20.5 Å². The molecule has 0 fully saturated rings. The van der Waals surface area contributed by atoms with Crippen molar-refractivity contribution in [2.75, 3.05) is 22.4 Å². The predicted octanol–water partition coefficient (Wildman–Crippen LogP) is 3.09. The summed E-state index contributed by atoms with van der Waals surface area (Å²) in [7, 11) is -3.35. The summed E-state index contributed by atoms with van der Waals surface area (Å²) in [5, 5.41) is 9.94. The molecule has 4 rings (SSSR count). The molecule has 1 aliphatic rings. The normalized spacial score (nSPS) is 13.8. The third-order valence-corrected chi connectivity index (χ3v) is 6.17. The molecular formula is C19H18ClN5O3S. The number of aromatic amines is 1. The highest BCUT2D eigenvalue weighted by Crippen LogP contribution is 2.30. The second-order valence-corrected chi connectivity index (χ2v) is 9.04. The number of rotatable bonds is 4. The number of anilines is 2. The van der Waals surface area contributed by atoms with Crippen molar-refractivity contribution in [1.82, 2.24) is 15.2 Å². The Morgan fingerprint density at radius 2 is 2.03 bits per heavy atom. The van der Waals surface area contributed by atoms with E-state index in [-0.39, 0.29) is 11.9 Å². The average molecular weight is 432 g/mol. The SMILES string of the molecule is CS(=O)(=O)N1CCCc2cc(C(=O)Nc3n[nH]c(-c4ccccc4Cl)n3)ccc21. The van der Waals surface area contributed by atoms with E-state index in [0.29, 0.717) is 47.0 Å². The maximum absolute atomic E-state index is 12.6. The Labute approximate surface area is 173 Å². The van der Waals surface area contributed by atoms with Gasteiger partial charge in [-0.1, -0.05) is 23.7 Å². The van der Waals surface area contributed by atoms with Crippen molar-refractivity contribution < 1.29 is 13.2 Å². The third-order valence-electron chi connectivity index (χ3n) is 4.66. The summed E-state index contributed by atoms with van der Waals surface area (Å²) >= 11 is 6.16. The zero-order chi connectivity index (χ0) is 20.6. The van der Waals surface area contributed by atoms with Crippen LogP contribution in [0.25, 0.3) is 11.4 Å². The van der Waals surface area contributed by atoms with E-state index in [9.17, 15) is 13.2 Å². The van der Waals surface area contributed by atoms with Crippen molar-refractivity contribution in [3.05, 3.63) is 58.6 Å². The molecule has 150 valence electrons. The van der Waals surface area contributed by atoms with Gasteiger partial charge in [-0.25, -0.2) is 8.42 Å². The van der Waals surface area contributed by atoms with Crippen LogP contribution in [0.1, 0.15) is 22.3 Å². The van der Waals surface area contributed by atoms with Gasteiger partial charge in [0.1, 0.15) is 0 Å². The highest BCUT2D eigenvalue weighted by atomic mass is 35.5. The van der Waals surface area contributed by atoms with Crippen molar-refractivity contribution >= 4 is 39.2 Å². The predicted molar refractivity (Wildman–Crippen MR) is 112 cm³/mol. The summed E-state index contributed by atoms with van der Waals surface area (Å²) in [5.74, 6) is 0.189. The lowest BCUT2D eigenvalue weighted by Gasteiger charge is -2.29. The van der Waals surface area contributed by atoms with Crippen LogP contribution < -0.4 is 9.62 Å². The smallest absolute Gasteiger partial charge is 0.258 e. The van der Waals surface area contributed by atoms with Crippen LogP contribution >= 0.6 is 11.6 Å². The van der Waals surface area contributed by atoms with Gasteiger partial charge in [0.2, 0.25) is 16.0 Å². The molecule has 1 aromatic heterocycles. The van der Waals surface area contributed by atoms with Crippen LogP contribution in [0.3, 0.4) is 0 Å². The molecule has 0 unspecified atom stereocenters. The van der Waals surface area contributed by atoms with E-state index in [1.54, 1.807) is 30.3 Å². The number of nitrogens with zero attached hydrogens (tertiary/aromatic N) is 3. The summed E-state index contributed by atoms with van der Waals surface area (Å²) in [6.45, 7) is 0.444. The molecule has 0 spiro atoms. The summed E-state index contributed by atoms with van der Waals surface area (Å²) in [6, 6.07) is 12.2. The number of sulfonamides is 1. The number of halogens is 1. The van der Waals surface area contributed by atoms with E-state index in [1.807, 2.05) is 12.1 Å². The molecule has 0 atom stereocenters. The lowest BCUT2D eigenvalue weighted by Crippen LogP contribution is -2.34. The number of benzene rings is 2. The van der Waals surface area contributed by atoms with Gasteiger partial charge in [-0.2, -0.15) is 4.98 Å². The maximum atomic E-state index is 12.6. The Hall–Kier alpha value is -2.91. The number of hydrogen-bond acceptors (Lipinski definition) is 5. The molecule has 2 aromatic carbocycles. The van der Waals surface area contributed by atoms with Crippen LogP contribution in [0, 0.1) is 0 Å². The molecule has 8 nitrogen and oxygen atoms in total. The quantitative estimate of drug-likeness (QED) is 0.659. The largest absolute Gasteiger partial charge is 0.289 e. The number of H-pyrrole nitrogens is 1. The first-order valence-corrected chi connectivity index (χ1v) is 11.1. The molecule has 0 aliphatic carbocycles. The van der Waals surface area contributed by atoms with E-state index in [0.717, 1.165) is 5.56 Å². The van der Waals surface area contributed by atoms with Crippen molar-refractivity contribution in [1.29, 1.82) is 0 Å². The van der Waals surface area contributed by atoms with Gasteiger partial charge >= 0.3 is 0 Å². The number of hydrogen-bond donors (Lipinski definition) is 2. The van der Waals surface area contributed by atoms with E-state index < -0.39 is 10.0 Å². The van der Waals surface area contributed by atoms with Gasteiger partial charge in [0.05, 0.1) is 17.0 Å². The fourth-order valence-electron chi connectivity index (χ4n) is 3.31. The third kappa shape index (κ3) is 3.96. The second-order valence-electron chi connectivity index (χ2n) is 6.72. The number of aromatic nitrogens is 3. The van der Waals surface area contributed by atoms with Gasteiger partial charge in [-0.3, -0.25) is 19.5 Å². The zero-order valence-corrected chi connectivity index (χ0v) is 17.1. The fraction of sp³-hybridized carbons (Fsp3) is 0.211. The Morgan fingerprint density at radius 1 is 1.24 bits per heavy atom. The topological polar surface area (TPSA) is 108 Å². The Bertz CT molecular complexity index is 1190. The number of amides is 1. The summed E-state index contributed by atoms with van der Waals surface area (Å²) in [6.07, 6.45) is 2.59. The number of nitrogens with one attached hydrogen (secondary N) is 2. The minimum Gasteiger partial charge on any atom is -0.289 e. The van der Waals surface area contributed by atoms with Gasteiger partial charge in [0, 0.05) is 17.7 Å². The van der Waals surface area contributed by atoms with Crippen LogP contribution in [0.5, 0.6) is 0 Å². The molecule has 3 aromatic rings. The minimum absolute atomic E-state index is 0.125. The Balaban J connectivity index is 1.55. The molecule has 0 saturated carbocycles. The molecule has 2 N–H and O–H groups in total. The van der Waals surface area contributed by atoms with Crippen LogP contribution in [-0.4, -0.2) is 42.3 Å². The molecule has 29 heavy (non-hydrogen) atoms. The first-order chi connectivity index (χ1) is 13.8. The van der Waals surface area contributed by atoms with Crippen LogP contribution in [0.2, 0.25) is 5.02 Å². The van der Waals surface area contributed by atoms with E-state index >= 15 is 0 Å². The molecule has 1 amide bonds. The average Bonchev–Trinajstić information content (AvgIpc) is 3.14. The molecule has 0 bridgehead atoms. The van der Waals surface area contributed by atoms with Crippen LogP contribution in [-0.2, 0) is 16.4 Å². The summed E-state index contributed by atoms with van der Waals surface area (Å²) in [4.78, 5) is 16.9. The number of carbonyl (C=O) groups is 1. The van der Waals surface area contributed by atoms with Gasteiger partial charge in [-0.15, -0.1) is 5.10 Å². The summed E-state index contributed by atoms with van der Waals surface area (Å²) < 4.78 is 25.3. The van der Waals surface area contributed by atoms with Gasteiger partial charge in [-0.05, 0) is 48.7 Å². The van der Waals surface area contributed by atoms with Gasteiger partial charge in [0.15, 0.2) is 5.82 Å². The molecular weight excluding hydrogens is 414 g/mol. The van der Waals surface area contributed by atoms with Gasteiger partial charge in [0.25, 0.3) is 5.91 Å². The highest BCUT2D eigenvalue weighted by Gasteiger charge is 2.25. The lowest BCUT2D eigenvalue weighted by atomic mass is 10.0. The van der Waals surface area contributed by atoms with E-state index in [4.69, 9.17) is 11.6 Å². The van der Waals surface area contributed by atoms with Crippen molar-refractivity contribution in [2.24, 2.45) is 0 Å². The molecule has 1 aliphatic heterocycles. The first kappa shape index (κ1) is 19.4. The van der Waals surface area contributed by atoms with Gasteiger partial charge < -0.3 is 0 Å². The zero-order valence-electron chi connectivity index (χ0n) is 15.5. The molecule has 2 heterocycles. The fourth-order valence-corrected chi connectivity index (χ4v) is 4.53. The molecule has 10 heteroatoms. The van der Waals surface area contributed by atoms with Crippen LogP contribution in [0.4, 0.5) is 11.6 Å². The van der Waals surface area contributed by atoms with Crippen molar-refractivity contribution in [3.63, 3.8) is 0 Å². The second kappa shape index (κ2) is 7.49. The minimum atomic E-state index is -3.35.